The average molecular weight is 252 g/mol. The highest BCUT2D eigenvalue weighted by Gasteiger charge is 2.68. The van der Waals surface area contributed by atoms with Crippen LogP contribution in [0.2, 0.25) is 0 Å². The third-order valence-corrected chi connectivity index (χ3v) is 5.72. The van der Waals surface area contributed by atoms with Crippen LogP contribution in [0.15, 0.2) is 0 Å². The summed E-state index contributed by atoms with van der Waals surface area (Å²) in [5, 5.41) is 10.9. The van der Waals surface area contributed by atoms with E-state index in [1.54, 1.807) is 0 Å². The van der Waals surface area contributed by atoms with Crippen molar-refractivity contribution in [3.8, 4) is 0 Å². The first-order chi connectivity index (χ1) is 8.64. The van der Waals surface area contributed by atoms with Crippen LogP contribution in [0.5, 0.6) is 0 Å². The molecule has 2 aliphatic carbocycles. The number of hydrogen-bond donors (Lipinski definition) is 1. The fourth-order valence-electron chi connectivity index (χ4n) is 4.87. The summed E-state index contributed by atoms with van der Waals surface area (Å²) in [5.41, 5.74) is -1.32. The molecule has 2 bridgehead atoms. The average Bonchev–Trinajstić information content (AvgIpc) is 2.67. The summed E-state index contributed by atoms with van der Waals surface area (Å²) in [6.07, 6.45) is 9.26. The van der Waals surface area contributed by atoms with Gasteiger partial charge in [0, 0.05) is 11.3 Å². The van der Waals surface area contributed by atoms with Gasteiger partial charge in [-0.3, -0.25) is 0 Å². The highest BCUT2D eigenvalue weighted by molar-refractivity contribution is 5.82. The van der Waals surface area contributed by atoms with Crippen LogP contribution in [0, 0.1) is 11.3 Å². The predicted molar refractivity (Wildman–Crippen MR) is 68.0 cm³/mol. The molecule has 0 unspecified atom stereocenters. The van der Waals surface area contributed by atoms with Gasteiger partial charge in [0.05, 0.1) is 0 Å². The normalized spacial score (nSPS) is 46.7. The monoisotopic (exact) mass is 252 g/mol. The maximum atomic E-state index is 12.2. The standard InChI is InChI=1S/C15H24O3/c1-2-3-6-11-12-7-4-8-14(11)9-5-10-15(14,17)13(16)18-12/h11-12,17H,2-10H2,1H3/t11-,12+,14+,15-/m1/s1. The van der Waals surface area contributed by atoms with Gasteiger partial charge in [-0.1, -0.05) is 19.8 Å². The molecule has 2 saturated carbocycles. The summed E-state index contributed by atoms with van der Waals surface area (Å²) < 4.78 is 5.59. The molecule has 3 rings (SSSR count). The number of rotatable bonds is 3. The first kappa shape index (κ1) is 12.5. The molecular formula is C15H24O3. The summed E-state index contributed by atoms with van der Waals surface area (Å²) in [6, 6.07) is 0. The van der Waals surface area contributed by atoms with Crippen LogP contribution in [-0.4, -0.2) is 22.8 Å². The van der Waals surface area contributed by atoms with Gasteiger partial charge in [-0.2, -0.15) is 0 Å². The van der Waals surface area contributed by atoms with Gasteiger partial charge >= 0.3 is 5.97 Å². The minimum Gasteiger partial charge on any atom is -0.460 e. The summed E-state index contributed by atoms with van der Waals surface area (Å²) in [5.74, 6) is 0.0776. The lowest BCUT2D eigenvalue weighted by Gasteiger charge is -2.55. The van der Waals surface area contributed by atoms with Crippen molar-refractivity contribution in [2.45, 2.75) is 76.4 Å². The lowest BCUT2D eigenvalue weighted by atomic mass is 9.55. The number of carbonyl (C=O) groups is 1. The van der Waals surface area contributed by atoms with Crippen LogP contribution >= 0.6 is 0 Å². The van der Waals surface area contributed by atoms with Gasteiger partial charge < -0.3 is 9.84 Å². The van der Waals surface area contributed by atoms with E-state index in [-0.39, 0.29) is 17.5 Å². The maximum absolute atomic E-state index is 12.2. The van der Waals surface area contributed by atoms with Gasteiger partial charge in [0.1, 0.15) is 6.10 Å². The Hall–Kier alpha value is -0.570. The molecule has 0 aromatic rings. The van der Waals surface area contributed by atoms with Crippen molar-refractivity contribution < 1.29 is 14.6 Å². The predicted octanol–water partition coefficient (Wildman–Crippen LogP) is 2.80. The van der Waals surface area contributed by atoms with Crippen LogP contribution in [0.1, 0.15) is 64.7 Å². The fraction of sp³-hybridized carbons (Fsp3) is 0.933. The molecule has 3 nitrogen and oxygen atoms in total. The molecule has 18 heavy (non-hydrogen) atoms. The lowest BCUT2D eigenvalue weighted by molar-refractivity contribution is -0.233. The van der Waals surface area contributed by atoms with Crippen LogP contribution < -0.4 is 0 Å². The quantitative estimate of drug-likeness (QED) is 0.786. The molecule has 3 fully saturated rings. The Morgan fingerprint density at radius 1 is 1.33 bits per heavy atom. The van der Waals surface area contributed by atoms with Crippen molar-refractivity contribution in [1.29, 1.82) is 0 Å². The van der Waals surface area contributed by atoms with Crippen molar-refractivity contribution in [2.24, 2.45) is 11.3 Å². The Morgan fingerprint density at radius 3 is 2.89 bits per heavy atom. The molecule has 1 aliphatic heterocycles. The third kappa shape index (κ3) is 1.43. The van der Waals surface area contributed by atoms with Gasteiger partial charge in [-0.25, -0.2) is 4.79 Å². The van der Waals surface area contributed by atoms with E-state index in [2.05, 4.69) is 6.92 Å². The van der Waals surface area contributed by atoms with Gasteiger partial charge in [0.25, 0.3) is 0 Å². The number of ether oxygens (including phenoxy) is 1. The molecule has 4 atom stereocenters. The summed E-state index contributed by atoms with van der Waals surface area (Å²) in [7, 11) is 0. The Labute approximate surface area is 109 Å². The Bertz CT molecular complexity index is 354. The highest BCUT2D eigenvalue weighted by atomic mass is 16.6. The number of aliphatic hydroxyl groups is 1. The molecule has 1 saturated heterocycles. The molecule has 102 valence electrons. The van der Waals surface area contributed by atoms with Crippen molar-refractivity contribution in [2.75, 3.05) is 0 Å². The Balaban J connectivity index is 1.96. The zero-order valence-electron chi connectivity index (χ0n) is 11.3. The van der Waals surface area contributed by atoms with E-state index in [0.29, 0.717) is 12.3 Å². The second-order valence-corrected chi connectivity index (χ2v) is 6.45. The summed E-state index contributed by atoms with van der Waals surface area (Å²) in [6.45, 7) is 2.20. The zero-order chi connectivity index (χ0) is 12.8. The topological polar surface area (TPSA) is 46.5 Å². The van der Waals surface area contributed by atoms with Crippen LogP contribution in [0.4, 0.5) is 0 Å². The van der Waals surface area contributed by atoms with E-state index < -0.39 is 5.60 Å². The van der Waals surface area contributed by atoms with Gasteiger partial charge in [0.15, 0.2) is 5.60 Å². The van der Waals surface area contributed by atoms with E-state index in [9.17, 15) is 9.90 Å². The summed E-state index contributed by atoms with van der Waals surface area (Å²) >= 11 is 0. The van der Waals surface area contributed by atoms with Crippen molar-refractivity contribution in [3.05, 3.63) is 0 Å². The Kier molecular flexibility index (Phi) is 2.92. The van der Waals surface area contributed by atoms with Gasteiger partial charge in [-0.05, 0) is 44.9 Å². The second kappa shape index (κ2) is 4.22. The van der Waals surface area contributed by atoms with Crippen molar-refractivity contribution in [1.82, 2.24) is 0 Å². The third-order valence-electron chi connectivity index (χ3n) is 5.72. The van der Waals surface area contributed by atoms with E-state index in [0.717, 1.165) is 38.5 Å². The van der Waals surface area contributed by atoms with Crippen LogP contribution in [0.3, 0.4) is 0 Å². The first-order valence-electron chi connectivity index (χ1n) is 7.57. The molecule has 1 spiro atoms. The minimum absolute atomic E-state index is 0.0798. The second-order valence-electron chi connectivity index (χ2n) is 6.45. The number of unbranched alkanes of at least 4 members (excludes halogenated alkanes) is 1. The van der Waals surface area contributed by atoms with Gasteiger partial charge in [0.2, 0.25) is 0 Å². The SMILES string of the molecule is CCCC[C@@H]1[C@@H]2CCC[C@]13CCC[C@@]3(O)C(=O)O2. The van der Waals surface area contributed by atoms with Crippen LogP contribution in [0.25, 0.3) is 0 Å². The van der Waals surface area contributed by atoms with Crippen LogP contribution in [-0.2, 0) is 9.53 Å². The minimum atomic E-state index is -1.16. The molecule has 0 aromatic carbocycles. The molecule has 0 amide bonds. The molecule has 0 radical (unpaired) electrons. The summed E-state index contributed by atoms with van der Waals surface area (Å²) in [4.78, 5) is 12.2. The Morgan fingerprint density at radius 2 is 2.11 bits per heavy atom. The number of esters is 1. The number of carbonyl (C=O) groups excluding carboxylic acids is 1. The van der Waals surface area contributed by atoms with Crippen molar-refractivity contribution >= 4 is 5.97 Å². The lowest BCUT2D eigenvalue weighted by Crippen LogP contribution is -2.64. The smallest absolute Gasteiger partial charge is 0.338 e. The number of fused-ring (bicyclic) bond motifs is 1. The van der Waals surface area contributed by atoms with E-state index >= 15 is 0 Å². The molecule has 1 N–H and O–H groups in total. The molecule has 1 heterocycles. The largest absolute Gasteiger partial charge is 0.460 e. The van der Waals surface area contributed by atoms with E-state index in [1.165, 1.54) is 12.8 Å². The highest BCUT2D eigenvalue weighted by Crippen LogP contribution is 2.62. The molecule has 3 heteroatoms. The first-order valence-corrected chi connectivity index (χ1v) is 7.57. The molecular weight excluding hydrogens is 228 g/mol. The maximum Gasteiger partial charge on any atom is 0.338 e. The number of hydrogen-bond acceptors (Lipinski definition) is 3. The zero-order valence-corrected chi connectivity index (χ0v) is 11.3. The molecule has 0 aromatic heterocycles. The fourth-order valence-corrected chi connectivity index (χ4v) is 4.87. The molecule has 3 aliphatic rings. The van der Waals surface area contributed by atoms with E-state index in [4.69, 9.17) is 4.74 Å². The van der Waals surface area contributed by atoms with E-state index in [1.807, 2.05) is 0 Å². The van der Waals surface area contributed by atoms with Crippen molar-refractivity contribution in [3.63, 3.8) is 0 Å². The van der Waals surface area contributed by atoms with Gasteiger partial charge in [-0.15, -0.1) is 0 Å².